The van der Waals surface area contributed by atoms with E-state index < -0.39 is 0 Å². The van der Waals surface area contributed by atoms with Gasteiger partial charge in [-0.25, -0.2) is 0 Å². The highest BCUT2D eigenvalue weighted by atomic mass is 16.5. The molecule has 0 spiro atoms. The summed E-state index contributed by atoms with van der Waals surface area (Å²) in [6, 6.07) is 16.5. The van der Waals surface area contributed by atoms with Gasteiger partial charge in [0, 0.05) is 20.1 Å². The van der Waals surface area contributed by atoms with E-state index in [4.69, 9.17) is 4.74 Å². The van der Waals surface area contributed by atoms with E-state index in [0.717, 1.165) is 19.5 Å². The smallest absolute Gasteiger partial charge is 0.257 e. The molecule has 0 saturated heterocycles. The summed E-state index contributed by atoms with van der Waals surface area (Å²) in [5.41, 5.74) is 3.83. The molecule has 0 aliphatic carbocycles. The van der Waals surface area contributed by atoms with Gasteiger partial charge in [-0.15, -0.1) is 0 Å². The zero-order valence-electron chi connectivity index (χ0n) is 13.8. The number of aryl methyl sites for hydroxylation is 1. The quantitative estimate of drug-likeness (QED) is 0.788. The summed E-state index contributed by atoms with van der Waals surface area (Å²) in [4.78, 5) is 11.1. The fourth-order valence-corrected chi connectivity index (χ4v) is 2.17. The van der Waals surface area contributed by atoms with Crippen molar-refractivity contribution in [1.82, 2.24) is 10.6 Å². The molecule has 0 saturated carbocycles. The molecule has 4 heteroatoms. The van der Waals surface area contributed by atoms with Crippen molar-refractivity contribution in [1.29, 1.82) is 0 Å². The van der Waals surface area contributed by atoms with E-state index in [1.165, 1.54) is 16.7 Å². The van der Waals surface area contributed by atoms with Gasteiger partial charge in [0.05, 0.1) is 0 Å². The molecular formula is C19H24N2O2. The maximum absolute atomic E-state index is 11.1. The summed E-state index contributed by atoms with van der Waals surface area (Å²) in [6.07, 6.45) is 1.07. The Morgan fingerprint density at radius 2 is 1.43 bits per heavy atom. The van der Waals surface area contributed by atoms with Crippen molar-refractivity contribution in [2.24, 2.45) is 0 Å². The maximum atomic E-state index is 11.1. The second-order valence-corrected chi connectivity index (χ2v) is 5.38. The predicted molar refractivity (Wildman–Crippen MR) is 92.4 cm³/mol. The van der Waals surface area contributed by atoms with Crippen LogP contribution in [0.5, 0.6) is 5.75 Å². The van der Waals surface area contributed by atoms with Crippen molar-refractivity contribution in [3.05, 3.63) is 65.2 Å². The van der Waals surface area contributed by atoms with Crippen LogP contribution in [0.4, 0.5) is 0 Å². The third kappa shape index (κ3) is 5.75. The van der Waals surface area contributed by atoms with Crippen LogP contribution in [0.3, 0.4) is 0 Å². The summed E-state index contributed by atoms with van der Waals surface area (Å²) in [7, 11) is 1.59. The zero-order chi connectivity index (χ0) is 16.5. The van der Waals surface area contributed by atoms with Crippen LogP contribution >= 0.6 is 0 Å². The van der Waals surface area contributed by atoms with Crippen molar-refractivity contribution >= 4 is 5.91 Å². The molecule has 0 aliphatic heterocycles. The fourth-order valence-electron chi connectivity index (χ4n) is 2.17. The van der Waals surface area contributed by atoms with Gasteiger partial charge in [-0.2, -0.15) is 0 Å². The summed E-state index contributed by atoms with van der Waals surface area (Å²) >= 11 is 0. The lowest BCUT2D eigenvalue weighted by molar-refractivity contribution is -0.122. The molecule has 0 heterocycles. The fraction of sp³-hybridized carbons (Fsp3) is 0.316. The molecule has 2 aromatic rings. The predicted octanol–water partition coefficient (Wildman–Crippen LogP) is 2.66. The topological polar surface area (TPSA) is 50.4 Å². The first kappa shape index (κ1) is 17.0. The van der Waals surface area contributed by atoms with E-state index in [-0.39, 0.29) is 12.5 Å². The molecule has 0 bridgehead atoms. The number of ether oxygens (including phenoxy) is 1. The van der Waals surface area contributed by atoms with Crippen molar-refractivity contribution in [2.45, 2.75) is 26.4 Å². The van der Waals surface area contributed by atoms with Gasteiger partial charge in [0.25, 0.3) is 5.91 Å². The molecule has 2 N–H and O–H groups in total. The van der Waals surface area contributed by atoms with Gasteiger partial charge in [0.1, 0.15) is 5.75 Å². The number of carbonyl (C=O) groups is 1. The number of nitrogens with one attached hydrogen (secondary N) is 2. The minimum atomic E-state index is -0.134. The molecular weight excluding hydrogens is 288 g/mol. The first-order valence-electron chi connectivity index (χ1n) is 7.92. The summed E-state index contributed by atoms with van der Waals surface area (Å²) in [5.74, 6) is 0.567. The third-order valence-electron chi connectivity index (χ3n) is 3.66. The highest BCUT2D eigenvalue weighted by Crippen LogP contribution is 2.12. The first-order chi connectivity index (χ1) is 11.2. The van der Waals surface area contributed by atoms with E-state index in [0.29, 0.717) is 5.75 Å². The Labute approximate surface area is 137 Å². The van der Waals surface area contributed by atoms with Crippen molar-refractivity contribution in [3.8, 4) is 5.75 Å². The average molecular weight is 312 g/mol. The van der Waals surface area contributed by atoms with Gasteiger partial charge < -0.3 is 15.4 Å². The standard InChI is InChI=1S/C19H24N2O2/c1-3-15-4-6-16(7-5-15)12-21-13-17-8-10-18(11-9-17)23-14-19(22)20-2/h4-11,21H,3,12-14H2,1-2H3,(H,20,22). The monoisotopic (exact) mass is 312 g/mol. The van der Waals surface area contributed by atoms with Crippen LogP contribution in [-0.2, 0) is 24.3 Å². The van der Waals surface area contributed by atoms with Crippen LogP contribution < -0.4 is 15.4 Å². The molecule has 2 rings (SSSR count). The largest absolute Gasteiger partial charge is 0.484 e. The highest BCUT2D eigenvalue weighted by Gasteiger charge is 2.00. The molecule has 0 atom stereocenters. The minimum absolute atomic E-state index is 0.0435. The SMILES string of the molecule is CCc1ccc(CNCc2ccc(OCC(=O)NC)cc2)cc1. The van der Waals surface area contributed by atoms with Crippen molar-refractivity contribution in [2.75, 3.05) is 13.7 Å². The van der Waals surface area contributed by atoms with E-state index in [1.54, 1.807) is 7.05 Å². The molecule has 1 amide bonds. The molecule has 0 fully saturated rings. The number of carbonyl (C=O) groups excluding carboxylic acids is 1. The van der Waals surface area contributed by atoms with Crippen LogP contribution in [0.1, 0.15) is 23.6 Å². The van der Waals surface area contributed by atoms with E-state index in [9.17, 15) is 4.79 Å². The Kier molecular flexibility index (Phi) is 6.63. The molecule has 0 unspecified atom stereocenters. The molecule has 2 aromatic carbocycles. The lowest BCUT2D eigenvalue weighted by Crippen LogP contribution is -2.24. The van der Waals surface area contributed by atoms with E-state index in [1.807, 2.05) is 24.3 Å². The number of likely N-dealkylation sites (N-methyl/N-ethyl adjacent to an activating group) is 1. The highest BCUT2D eigenvalue weighted by molar-refractivity contribution is 5.77. The van der Waals surface area contributed by atoms with Gasteiger partial charge in [0.15, 0.2) is 6.61 Å². The van der Waals surface area contributed by atoms with Crippen LogP contribution in [0, 0.1) is 0 Å². The van der Waals surface area contributed by atoms with Gasteiger partial charge in [-0.05, 0) is 35.2 Å². The Bertz CT molecular complexity index is 606. The second-order valence-electron chi connectivity index (χ2n) is 5.38. The Morgan fingerprint density at radius 3 is 1.96 bits per heavy atom. The van der Waals surface area contributed by atoms with Crippen molar-refractivity contribution < 1.29 is 9.53 Å². The van der Waals surface area contributed by atoms with Gasteiger partial charge >= 0.3 is 0 Å². The first-order valence-corrected chi connectivity index (χ1v) is 7.92. The summed E-state index contributed by atoms with van der Waals surface area (Å²) < 4.78 is 5.38. The van der Waals surface area contributed by atoms with Crippen LogP contribution in [0.2, 0.25) is 0 Å². The van der Waals surface area contributed by atoms with Crippen molar-refractivity contribution in [3.63, 3.8) is 0 Å². The van der Waals surface area contributed by atoms with E-state index in [2.05, 4.69) is 41.8 Å². The normalized spacial score (nSPS) is 10.3. The minimum Gasteiger partial charge on any atom is -0.484 e. The molecule has 0 radical (unpaired) electrons. The number of rotatable bonds is 8. The Balaban J connectivity index is 1.76. The molecule has 4 nitrogen and oxygen atoms in total. The summed E-state index contributed by atoms with van der Waals surface area (Å²) in [6.45, 7) is 3.85. The van der Waals surface area contributed by atoms with Crippen LogP contribution in [0.15, 0.2) is 48.5 Å². The van der Waals surface area contributed by atoms with Crippen LogP contribution in [-0.4, -0.2) is 19.6 Å². The third-order valence-corrected chi connectivity index (χ3v) is 3.66. The van der Waals surface area contributed by atoms with Crippen LogP contribution in [0.25, 0.3) is 0 Å². The lowest BCUT2D eigenvalue weighted by Gasteiger charge is -2.08. The van der Waals surface area contributed by atoms with Gasteiger partial charge in [-0.3, -0.25) is 4.79 Å². The molecule has 0 aliphatic rings. The number of amides is 1. The van der Waals surface area contributed by atoms with Gasteiger partial charge in [-0.1, -0.05) is 43.3 Å². The average Bonchev–Trinajstić information content (AvgIpc) is 2.61. The molecule has 0 aromatic heterocycles. The Morgan fingerprint density at radius 1 is 0.913 bits per heavy atom. The van der Waals surface area contributed by atoms with Gasteiger partial charge in [0.2, 0.25) is 0 Å². The maximum Gasteiger partial charge on any atom is 0.257 e. The zero-order valence-corrected chi connectivity index (χ0v) is 13.8. The second kappa shape index (κ2) is 8.96. The Hall–Kier alpha value is -2.33. The number of hydrogen-bond donors (Lipinski definition) is 2. The lowest BCUT2D eigenvalue weighted by atomic mass is 10.1. The molecule has 23 heavy (non-hydrogen) atoms. The number of hydrogen-bond acceptors (Lipinski definition) is 3. The summed E-state index contributed by atoms with van der Waals surface area (Å²) in [5, 5.41) is 5.95. The number of benzene rings is 2. The van der Waals surface area contributed by atoms with E-state index >= 15 is 0 Å². The molecule has 122 valence electrons.